The number of phenols is 1. The summed E-state index contributed by atoms with van der Waals surface area (Å²) in [4.78, 5) is 26.5. The number of nitrogens with one attached hydrogen (secondary N) is 1. The first-order chi connectivity index (χ1) is 13.0. The van der Waals surface area contributed by atoms with Crippen LogP contribution in [0, 0.1) is 0 Å². The molecular formula is C19H16N2O4S2. The Balaban J connectivity index is 1.72. The molecule has 2 amide bonds. The average Bonchev–Trinajstić information content (AvgIpc) is 2.91. The van der Waals surface area contributed by atoms with Crippen molar-refractivity contribution >= 4 is 51.9 Å². The lowest BCUT2D eigenvalue weighted by atomic mass is 10.2. The largest absolute Gasteiger partial charge is 0.504 e. The normalized spacial score (nSPS) is 15.3. The molecule has 0 bridgehead atoms. The maximum absolute atomic E-state index is 12.6. The summed E-state index contributed by atoms with van der Waals surface area (Å²) in [6.45, 7) is -0.157. The Hall–Kier alpha value is -2.84. The molecule has 3 rings (SSSR count). The molecule has 138 valence electrons. The number of para-hydroxylation sites is 1. The van der Waals surface area contributed by atoms with Gasteiger partial charge in [-0.1, -0.05) is 48.2 Å². The van der Waals surface area contributed by atoms with Gasteiger partial charge in [0.1, 0.15) is 10.9 Å². The number of anilines is 1. The number of carbonyl (C=O) groups excluding carboxylic acids is 2. The molecule has 1 saturated heterocycles. The van der Waals surface area contributed by atoms with Gasteiger partial charge in [0.15, 0.2) is 11.5 Å². The predicted octanol–water partition coefficient (Wildman–Crippen LogP) is 3.24. The second-order valence-corrected chi connectivity index (χ2v) is 7.29. The first-order valence-electron chi connectivity index (χ1n) is 7.95. The summed E-state index contributed by atoms with van der Waals surface area (Å²) in [5.41, 5.74) is 1.33. The Morgan fingerprint density at radius 3 is 2.74 bits per heavy atom. The van der Waals surface area contributed by atoms with Crippen LogP contribution < -0.4 is 10.1 Å². The molecule has 0 aliphatic carbocycles. The van der Waals surface area contributed by atoms with E-state index in [2.05, 4.69) is 5.32 Å². The second kappa shape index (κ2) is 8.24. The van der Waals surface area contributed by atoms with E-state index in [0.29, 0.717) is 26.2 Å². The van der Waals surface area contributed by atoms with E-state index in [-0.39, 0.29) is 24.1 Å². The quantitative estimate of drug-likeness (QED) is 0.593. The molecule has 1 heterocycles. The number of carbonyl (C=O) groups is 2. The summed E-state index contributed by atoms with van der Waals surface area (Å²) >= 11 is 6.37. The number of phenolic OH excluding ortho intramolecular Hbond substituents is 1. The fraction of sp³-hybridized carbons (Fsp3) is 0.105. The topological polar surface area (TPSA) is 78.9 Å². The third-order valence-corrected chi connectivity index (χ3v) is 5.11. The summed E-state index contributed by atoms with van der Waals surface area (Å²) < 4.78 is 5.39. The van der Waals surface area contributed by atoms with Gasteiger partial charge in [0.2, 0.25) is 5.91 Å². The van der Waals surface area contributed by atoms with E-state index in [0.717, 1.165) is 11.8 Å². The minimum atomic E-state index is -0.333. The summed E-state index contributed by atoms with van der Waals surface area (Å²) in [5.74, 6) is -0.341. The van der Waals surface area contributed by atoms with Crippen LogP contribution >= 0.6 is 24.0 Å². The second-order valence-electron chi connectivity index (χ2n) is 5.61. The highest BCUT2D eigenvalue weighted by Gasteiger charge is 2.33. The molecule has 0 saturated carbocycles. The molecule has 27 heavy (non-hydrogen) atoms. The third kappa shape index (κ3) is 4.47. The lowest BCUT2D eigenvalue weighted by Crippen LogP contribution is -2.36. The molecule has 0 unspecified atom stereocenters. The minimum Gasteiger partial charge on any atom is -0.504 e. The number of hydrogen-bond donors (Lipinski definition) is 2. The molecule has 2 N–H and O–H groups in total. The van der Waals surface area contributed by atoms with E-state index in [1.807, 2.05) is 18.2 Å². The standard InChI is InChI=1S/C19H16N2O4S2/c1-25-15-9-12(7-8-14(15)22)10-16-18(24)21(19(26)27-16)11-17(23)20-13-5-3-2-4-6-13/h2-10,22H,11H2,1H3,(H,20,23)/b16-10-. The Morgan fingerprint density at radius 2 is 2.04 bits per heavy atom. The number of aromatic hydroxyl groups is 1. The Labute approximate surface area is 165 Å². The maximum Gasteiger partial charge on any atom is 0.266 e. The minimum absolute atomic E-state index is 0.0137. The van der Waals surface area contributed by atoms with E-state index in [9.17, 15) is 14.7 Å². The average molecular weight is 400 g/mol. The van der Waals surface area contributed by atoms with Gasteiger partial charge in [-0.3, -0.25) is 14.5 Å². The predicted molar refractivity (Wildman–Crippen MR) is 110 cm³/mol. The Kier molecular flexibility index (Phi) is 5.78. The van der Waals surface area contributed by atoms with E-state index in [1.54, 1.807) is 30.3 Å². The van der Waals surface area contributed by atoms with Gasteiger partial charge in [0.25, 0.3) is 5.91 Å². The van der Waals surface area contributed by atoms with Crippen LogP contribution in [0.5, 0.6) is 11.5 Å². The molecule has 1 fully saturated rings. The van der Waals surface area contributed by atoms with Gasteiger partial charge in [-0.25, -0.2) is 0 Å². The SMILES string of the molecule is COc1cc(/C=C2\SC(=S)N(CC(=O)Nc3ccccc3)C2=O)ccc1O. The first-order valence-corrected chi connectivity index (χ1v) is 9.17. The highest BCUT2D eigenvalue weighted by molar-refractivity contribution is 8.26. The van der Waals surface area contributed by atoms with Gasteiger partial charge < -0.3 is 15.2 Å². The number of rotatable bonds is 5. The smallest absolute Gasteiger partial charge is 0.266 e. The lowest BCUT2D eigenvalue weighted by molar-refractivity contribution is -0.126. The first kappa shape index (κ1) is 18.9. The van der Waals surface area contributed by atoms with Crippen molar-refractivity contribution in [1.82, 2.24) is 4.90 Å². The van der Waals surface area contributed by atoms with Gasteiger partial charge in [0.05, 0.1) is 12.0 Å². The third-order valence-electron chi connectivity index (χ3n) is 3.73. The van der Waals surface area contributed by atoms with Crippen LogP contribution in [0.25, 0.3) is 6.08 Å². The zero-order chi connectivity index (χ0) is 19.4. The number of thiocarbonyl (C=S) groups is 1. The van der Waals surface area contributed by atoms with E-state index in [1.165, 1.54) is 18.1 Å². The summed E-state index contributed by atoms with van der Waals surface area (Å²) in [5, 5.41) is 12.4. The van der Waals surface area contributed by atoms with Gasteiger partial charge in [0, 0.05) is 5.69 Å². The van der Waals surface area contributed by atoms with Crippen molar-refractivity contribution in [2.45, 2.75) is 0 Å². The summed E-state index contributed by atoms with van der Waals surface area (Å²) in [7, 11) is 1.45. The number of thioether (sulfide) groups is 1. The molecule has 0 spiro atoms. The van der Waals surface area contributed by atoms with Crippen LogP contribution in [0.3, 0.4) is 0 Å². The van der Waals surface area contributed by atoms with E-state index < -0.39 is 0 Å². The number of ether oxygens (including phenoxy) is 1. The molecule has 1 aliphatic rings. The van der Waals surface area contributed by atoms with Crippen molar-refractivity contribution in [1.29, 1.82) is 0 Å². The number of methoxy groups -OCH3 is 1. The summed E-state index contributed by atoms with van der Waals surface area (Å²) in [6, 6.07) is 13.8. The molecule has 2 aromatic carbocycles. The highest BCUT2D eigenvalue weighted by atomic mass is 32.2. The molecule has 0 radical (unpaired) electrons. The van der Waals surface area contributed by atoms with Crippen molar-refractivity contribution in [3.63, 3.8) is 0 Å². The molecule has 0 atom stereocenters. The number of benzene rings is 2. The molecule has 6 nitrogen and oxygen atoms in total. The fourth-order valence-corrected chi connectivity index (χ4v) is 3.69. The van der Waals surface area contributed by atoms with Crippen LogP contribution in [-0.4, -0.2) is 39.8 Å². The Bertz CT molecular complexity index is 929. The van der Waals surface area contributed by atoms with Crippen molar-refractivity contribution in [3.05, 3.63) is 59.0 Å². The van der Waals surface area contributed by atoms with Gasteiger partial charge in [-0.2, -0.15) is 0 Å². The molecule has 8 heteroatoms. The van der Waals surface area contributed by atoms with Crippen molar-refractivity contribution in [2.24, 2.45) is 0 Å². The number of hydrogen-bond acceptors (Lipinski definition) is 6. The molecule has 0 aromatic heterocycles. The molecular weight excluding hydrogens is 384 g/mol. The van der Waals surface area contributed by atoms with Gasteiger partial charge >= 0.3 is 0 Å². The zero-order valence-corrected chi connectivity index (χ0v) is 16.0. The van der Waals surface area contributed by atoms with E-state index >= 15 is 0 Å². The lowest BCUT2D eigenvalue weighted by Gasteiger charge is -2.14. The van der Waals surface area contributed by atoms with Crippen LogP contribution in [0.4, 0.5) is 5.69 Å². The van der Waals surface area contributed by atoms with Crippen molar-refractivity contribution < 1.29 is 19.4 Å². The van der Waals surface area contributed by atoms with Crippen LogP contribution in [0.15, 0.2) is 53.4 Å². The molecule has 1 aliphatic heterocycles. The van der Waals surface area contributed by atoms with Crippen LogP contribution in [-0.2, 0) is 9.59 Å². The maximum atomic E-state index is 12.6. The van der Waals surface area contributed by atoms with E-state index in [4.69, 9.17) is 17.0 Å². The molecule has 2 aromatic rings. The van der Waals surface area contributed by atoms with Crippen molar-refractivity contribution in [2.75, 3.05) is 19.0 Å². The number of amides is 2. The number of nitrogens with zero attached hydrogens (tertiary/aromatic N) is 1. The van der Waals surface area contributed by atoms with Crippen LogP contribution in [0.1, 0.15) is 5.56 Å². The monoisotopic (exact) mass is 400 g/mol. The van der Waals surface area contributed by atoms with Gasteiger partial charge in [-0.15, -0.1) is 0 Å². The Morgan fingerprint density at radius 1 is 1.30 bits per heavy atom. The van der Waals surface area contributed by atoms with Gasteiger partial charge in [-0.05, 0) is 35.9 Å². The van der Waals surface area contributed by atoms with Crippen LogP contribution in [0.2, 0.25) is 0 Å². The summed E-state index contributed by atoms with van der Waals surface area (Å²) in [6.07, 6.45) is 1.65. The zero-order valence-electron chi connectivity index (χ0n) is 14.3. The fourth-order valence-electron chi connectivity index (χ4n) is 2.44. The van der Waals surface area contributed by atoms with Crippen molar-refractivity contribution in [3.8, 4) is 11.5 Å². The highest BCUT2D eigenvalue weighted by Crippen LogP contribution is 2.34.